The van der Waals surface area contributed by atoms with Crippen molar-refractivity contribution in [3.8, 4) is 0 Å². The van der Waals surface area contributed by atoms with Gasteiger partial charge in [0.2, 0.25) is 5.91 Å². The highest BCUT2D eigenvalue weighted by Gasteiger charge is 2.34. The van der Waals surface area contributed by atoms with Crippen molar-refractivity contribution >= 4 is 23.2 Å². The van der Waals surface area contributed by atoms with E-state index in [9.17, 15) is 18.0 Å². The SMILES string of the molecule is CCC(=O)N(CC(F)(F)F)C(=S)NOC. The summed E-state index contributed by atoms with van der Waals surface area (Å²) >= 11 is 4.55. The van der Waals surface area contributed by atoms with Crippen molar-refractivity contribution in [2.45, 2.75) is 19.5 Å². The van der Waals surface area contributed by atoms with Gasteiger partial charge in [0, 0.05) is 6.42 Å². The number of carbonyl (C=O) groups is 1. The Balaban J connectivity index is 4.59. The van der Waals surface area contributed by atoms with Crippen LogP contribution in [0.25, 0.3) is 0 Å². The van der Waals surface area contributed by atoms with Crippen molar-refractivity contribution < 1.29 is 22.8 Å². The van der Waals surface area contributed by atoms with Crippen molar-refractivity contribution in [3.05, 3.63) is 0 Å². The molecule has 0 fully saturated rings. The number of carbonyl (C=O) groups excluding carboxylic acids is 1. The van der Waals surface area contributed by atoms with Gasteiger partial charge in [-0.1, -0.05) is 6.92 Å². The number of alkyl halides is 3. The molecule has 0 saturated carbocycles. The Hall–Kier alpha value is -0.890. The number of amides is 1. The summed E-state index contributed by atoms with van der Waals surface area (Å²) in [5, 5.41) is -0.401. The fraction of sp³-hybridized carbons (Fsp3) is 0.714. The van der Waals surface area contributed by atoms with E-state index >= 15 is 0 Å². The lowest BCUT2D eigenvalue weighted by molar-refractivity contribution is -0.153. The first-order valence-corrected chi connectivity index (χ1v) is 4.42. The number of thiocarbonyl (C=S) groups is 1. The summed E-state index contributed by atoms with van der Waals surface area (Å²) in [4.78, 5) is 15.9. The number of rotatable bonds is 3. The number of halogens is 3. The molecule has 0 rings (SSSR count). The molecule has 0 radical (unpaired) electrons. The molecule has 15 heavy (non-hydrogen) atoms. The molecule has 8 heteroatoms. The summed E-state index contributed by atoms with van der Waals surface area (Å²) in [7, 11) is 1.19. The molecule has 88 valence electrons. The lowest BCUT2D eigenvalue weighted by Crippen LogP contribution is -2.47. The molecular weight excluding hydrogens is 233 g/mol. The Morgan fingerprint density at radius 3 is 2.40 bits per heavy atom. The van der Waals surface area contributed by atoms with Crippen molar-refractivity contribution in [3.63, 3.8) is 0 Å². The number of hydrogen-bond acceptors (Lipinski definition) is 3. The second-order valence-corrected chi connectivity index (χ2v) is 2.95. The van der Waals surface area contributed by atoms with Crippen LogP contribution < -0.4 is 5.48 Å². The number of hydroxylamine groups is 1. The second-order valence-electron chi connectivity index (χ2n) is 2.56. The van der Waals surface area contributed by atoms with Gasteiger partial charge in [0.1, 0.15) is 6.54 Å². The third kappa shape index (κ3) is 5.53. The fourth-order valence-electron chi connectivity index (χ4n) is 0.786. The maximum atomic E-state index is 12.1. The molecule has 0 aromatic rings. The van der Waals surface area contributed by atoms with E-state index in [-0.39, 0.29) is 6.42 Å². The van der Waals surface area contributed by atoms with E-state index in [1.54, 1.807) is 0 Å². The van der Waals surface area contributed by atoms with Crippen LogP contribution in [0.2, 0.25) is 0 Å². The van der Waals surface area contributed by atoms with E-state index in [1.165, 1.54) is 14.0 Å². The summed E-state index contributed by atoms with van der Waals surface area (Å²) in [5.74, 6) is -0.720. The highest BCUT2D eigenvalue weighted by atomic mass is 32.1. The molecule has 0 aliphatic heterocycles. The summed E-state index contributed by atoms with van der Waals surface area (Å²) in [5.41, 5.74) is 2.02. The topological polar surface area (TPSA) is 41.6 Å². The van der Waals surface area contributed by atoms with Gasteiger partial charge in [0.15, 0.2) is 5.11 Å². The standard InChI is InChI=1S/C7H11F3N2O2S/c1-3-5(13)12(4-7(8,9)10)6(15)11-14-2/h3-4H2,1-2H3,(H,11,15). The van der Waals surface area contributed by atoms with E-state index in [0.717, 1.165) is 0 Å². The van der Waals surface area contributed by atoms with Gasteiger partial charge in [0.25, 0.3) is 0 Å². The van der Waals surface area contributed by atoms with Crippen LogP contribution in [0.15, 0.2) is 0 Å². The van der Waals surface area contributed by atoms with E-state index < -0.39 is 23.7 Å². The molecule has 0 aromatic carbocycles. The Bertz CT molecular complexity index is 245. The zero-order valence-electron chi connectivity index (χ0n) is 8.22. The monoisotopic (exact) mass is 244 g/mol. The smallest absolute Gasteiger partial charge is 0.278 e. The molecule has 0 aromatic heterocycles. The zero-order valence-corrected chi connectivity index (χ0v) is 9.04. The summed E-state index contributed by atoms with van der Waals surface area (Å²) in [6, 6.07) is 0. The summed E-state index contributed by atoms with van der Waals surface area (Å²) < 4.78 is 36.2. The molecule has 4 nitrogen and oxygen atoms in total. The minimum Gasteiger partial charge on any atom is -0.278 e. The highest BCUT2D eigenvalue weighted by molar-refractivity contribution is 7.80. The fourth-order valence-corrected chi connectivity index (χ4v) is 1.04. The zero-order chi connectivity index (χ0) is 12.1. The quantitative estimate of drug-likeness (QED) is 0.598. The van der Waals surface area contributed by atoms with E-state index in [0.29, 0.717) is 4.90 Å². The molecule has 0 saturated heterocycles. The maximum absolute atomic E-state index is 12.1. The third-order valence-corrected chi connectivity index (χ3v) is 1.68. The minimum atomic E-state index is -4.50. The van der Waals surface area contributed by atoms with Crippen molar-refractivity contribution in [2.24, 2.45) is 0 Å². The van der Waals surface area contributed by atoms with Gasteiger partial charge in [-0.3, -0.25) is 14.5 Å². The van der Waals surface area contributed by atoms with Gasteiger partial charge >= 0.3 is 6.18 Å². The van der Waals surface area contributed by atoms with Gasteiger partial charge in [-0.15, -0.1) is 0 Å². The van der Waals surface area contributed by atoms with Crippen LogP contribution in [0.5, 0.6) is 0 Å². The van der Waals surface area contributed by atoms with Crippen LogP contribution in [0, 0.1) is 0 Å². The van der Waals surface area contributed by atoms with Crippen LogP contribution in [0.4, 0.5) is 13.2 Å². The van der Waals surface area contributed by atoms with Crippen LogP contribution >= 0.6 is 12.2 Å². The van der Waals surface area contributed by atoms with Crippen molar-refractivity contribution in [2.75, 3.05) is 13.7 Å². The normalized spacial score (nSPS) is 11.0. The highest BCUT2D eigenvalue weighted by Crippen LogP contribution is 2.17. The molecule has 0 spiro atoms. The number of nitrogens with zero attached hydrogens (tertiary/aromatic N) is 1. The van der Waals surface area contributed by atoms with Gasteiger partial charge in [-0.2, -0.15) is 13.2 Å². The van der Waals surface area contributed by atoms with Crippen LogP contribution in [-0.4, -0.2) is 35.8 Å². The largest absolute Gasteiger partial charge is 0.406 e. The molecule has 0 unspecified atom stereocenters. The van der Waals surface area contributed by atoms with Crippen LogP contribution in [0.1, 0.15) is 13.3 Å². The Morgan fingerprint density at radius 1 is 1.53 bits per heavy atom. The lowest BCUT2D eigenvalue weighted by atomic mass is 10.4. The first kappa shape index (κ1) is 14.1. The molecule has 0 aliphatic carbocycles. The average molecular weight is 244 g/mol. The maximum Gasteiger partial charge on any atom is 0.406 e. The van der Waals surface area contributed by atoms with E-state index in [1.807, 2.05) is 5.48 Å². The van der Waals surface area contributed by atoms with Crippen LogP contribution in [-0.2, 0) is 9.63 Å². The van der Waals surface area contributed by atoms with Crippen molar-refractivity contribution in [1.29, 1.82) is 0 Å². The Labute approximate surface area is 90.3 Å². The second kappa shape index (κ2) is 5.86. The van der Waals surface area contributed by atoms with Crippen LogP contribution in [0.3, 0.4) is 0 Å². The van der Waals surface area contributed by atoms with Crippen molar-refractivity contribution in [1.82, 2.24) is 10.4 Å². The molecular formula is C7H11F3N2O2S. The number of nitrogens with one attached hydrogen (secondary N) is 1. The first-order chi connectivity index (χ1) is 6.81. The number of hydrogen-bond donors (Lipinski definition) is 1. The van der Waals surface area contributed by atoms with Gasteiger partial charge in [-0.25, -0.2) is 5.48 Å². The van der Waals surface area contributed by atoms with Gasteiger partial charge < -0.3 is 0 Å². The predicted octanol–water partition coefficient (Wildman–Crippen LogP) is 1.22. The molecule has 1 amide bonds. The molecule has 0 bridgehead atoms. The van der Waals surface area contributed by atoms with Gasteiger partial charge in [-0.05, 0) is 12.2 Å². The summed E-state index contributed by atoms with van der Waals surface area (Å²) in [6.07, 6.45) is -4.56. The lowest BCUT2D eigenvalue weighted by Gasteiger charge is -2.23. The molecule has 0 heterocycles. The van der Waals surface area contributed by atoms with Gasteiger partial charge in [0.05, 0.1) is 7.11 Å². The Morgan fingerprint density at radius 2 is 2.07 bits per heavy atom. The summed E-state index contributed by atoms with van der Waals surface area (Å²) in [6.45, 7) is 0.0238. The first-order valence-electron chi connectivity index (χ1n) is 4.02. The molecule has 0 aliphatic rings. The Kier molecular flexibility index (Phi) is 5.51. The predicted molar refractivity (Wildman–Crippen MR) is 50.8 cm³/mol. The average Bonchev–Trinajstić information content (AvgIpc) is 2.12. The van der Waals surface area contributed by atoms with E-state index in [4.69, 9.17) is 0 Å². The third-order valence-electron chi connectivity index (χ3n) is 1.38. The molecule has 0 atom stereocenters. The van der Waals surface area contributed by atoms with E-state index in [2.05, 4.69) is 17.1 Å². The minimum absolute atomic E-state index is 0.0678. The molecule has 1 N–H and O–H groups in total.